The molecule has 18 heavy (non-hydrogen) atoms. The van der Waals surface area contributed by atoms with Crippen LogP contribution >= 0.6 is 0 Å². The average Bonchev–Trinajstić information content (AvgIpc) is 2.41. The van der Waals surface area contributed by atoms with Gasteiger partial charge >= 0.3 is 5.97 Å². The van der Waals surface area contributed by atoms with Crippen molar-refractivity contribution in [2.45, 2.75) is 0 Å². The van der Waals surface area contributed by atoms with E-state index in [9.17, 15) is 9.90 Å². The van der Waals surface area contributed by atoms with Crippen molar-refractivity contribution in [3.63, 3.8) is 0 Å². The number of rotatable bonds is 3. The first-order chi connectivity index (χ1) is 8.70. The molecule has 2 rings (SSSR count). The number of aromatic hydroxyl groups is 1. The lowest BCUT2D eigenvalue weighted by Gasteiger charge is -2.07. The maximum absolute atomic E-state index is 11.3. The van der Waals surface area contributed by atoms with Gasteiger partial charge in [0.05, 0.1) is 18.4 Å². The molecule has 0 atom stereocenters. The molecule has 0 radical (unpaired) electrons. The number of carbonyl (C=O) groups excluding carboxylic acids is 1. The molecule has 0 aliphatic carbocycles. The quantitative estimate of drug-likeness (QED) is 0.632. The van der Waals surface area contributed by atoms with Crippen molar-refractivity contribution in [3.05, 3.63) is 42.2 Å². The van der Waals surface area contributed by atoms with Gasteiger partial charge in [-0.05, 0) is 24.3 Å². The van der Waals surface area contributed by atoms with Gasteiger partial charge in [0.15, 0.2) is 0 Å². The Balaban J connectivity index is 2.23. The molecular formula is C12H11N3O3. The summed E-state index contributed by atoms with van der Waals surface area (Å²) in [4.78, 5) is 19.2. The summed E-state index contributed by atoms with van der Waals surface area (Å²) in [7, 11) is 1.28. The van der Waals surface area contributed by atoms with E-state index in [1.165, 1.54) is 19.2 Å². The Morgan fingerprint density at radius 1 is 1.33 bits per heavy atom. The summed E-state index contributed by atoms with van der Waals surface area (Å²) in [6, 6.07) is 6.09. The van der Waals surface area contributed by atoms with Crippen LogP contribution in [0.5, 0.6) is 5.75 Å². The number of aromatic nitrogens is 2. The molecule has 1 aromatic carbocycles. The van der Waals surface area contributed by atoms with E-state index in [1.54, 1.807) is 24.5 Å². The average molecular weight is 245 g/mol. The number of hydrogen-bond acceptors (Lipinski definition) is 6. The van der Waals surface area contributed by atoms with E-state index in [-0.39, 0.29) is 11.3 Å². The summed E-state index contributed by atoms with van der Waals surface area (Å²) in [5, 5.41) is 12.6. The Morgan fingerprint density at radius 2 is 2.06 bits per heavy atom. The number of ether oxygens (including phenoxy) is 1. The lowest BCUT2D eigenvalue weighted by Crippen LogP contribution is -2.02. The first-order valence-electron chi connectivity index (χ1n) is 5.16. The van der Waals surface area contributed by atoms with Crippen molar-refractivity contribution in [1.29, 1.82) is 0 Å². The molecule has 0 saturated carbocycles. The zero-order chi connectivity index (χ0) is 13.0. The summed E-state index contributed by atoms with van der Waals surface area (Å²) in [5.41, 5.74) is 0.684. The molecule has 2 aromatic rings. The van der Waals surface area contributed by atoms with Gasteiger partial charge in [-0.3, -0.25) is 0 Å². The van der Waals surface area contributed by atoms with Gasteiger partial charge in [0.1, 0.15) is 5.75 Å². The molecule has 6 nitrogen and oxygen atoms in total. The van der Waals surface area contributed by atoms with E-state index in [1.807, 2.05) is 0 Å². The Hall–Kier alpha value is -2.63. The van der Waals surface area contributed by atoms with Crippen LogP contribution < -0.4 is 5.32 Å². The predicted molar refractivity (Wildman–Crippen MR) is 64.8 cm³/mol. The van der Waals surface area contributed by atoms with Gasteiger partial charge in [0, 0.05) is 12.4 Å². The number of phenols is 1. The summed E-state index contributed by atoms with van der Waals surface area (Å²) in [6.07, 6.45) is 3.16. The molecule has 0 aliphatic heterocycles. The minimum Gasteiger partial charge on any atom is -0.506 e. The van der Waals surface area contributed by atoms with E-state index >= 15 is 0 Å². The van der Waals surface area contributed by atoms with Crippen LogP contribution in [0.2, 0.25) is 0 Å². The molecular weight excluding hydrogens is 234 g/mol. The first-order valence-corrected chi connectivity index (χ1v) is 5.16. The second-order valence-corrected chi connectivity index (χ2v) is 3.42. The molecule has 0 amide bonds. The first kappa shape index (κ1) is 11.8. The van der Waals surface area contributed by atoms with Crippen LogP contribution in [0.1, 0.15) is 10.4 Å². The van der Waals surface area contributed by atoms with Crippen LogP contribution in [0.25, 0.3) is 0 Å². The van der Waals surface area contributed by atoms with E-state index in [0.717, 1.165) is 0 Å². The molecule has 92 valence electrons. The maximum Gasteiger partial charge on any atom is 0.337 e. The number of benzene rings is 1. The van der Waals surface area contributed by atoms with Crippen molar-refractivity contribution in [2.75, 3.05) is 12.4 Å². The number of esters is 1. The summed E-state index contributed by atoms with van der Waals surface area (Å²) < 4.78 is 4.55. The van der Waals surface area contributed by atoms with Gasteiger partial charge in [-0.15, -0.1) is 0 Å². The van der Waals surface area contributed by atoms with Gasteiger partial charge in [0.25, 0.3) is 0 Å². The summed E-state index contributed by atoms with van der Waals surface area (Å²) in [6.45, 7) is 0. The third-order valence-electron chi connectivity index (χ3n) is 2.23. The topological polar surface area (TPSA) is 84.3 Å². The van der Waals surface area contributed by atoms with Crippen molar-refractivity contribution in [3.8, 4) is 5.75 Å². The SMILES string of the molecule is COC(=O)c1ccc(Nc2ncccn2)c(O)c1. The van der Waals surface area contributed by atoms with Gasteiger partial charge in [-0.25, -0.2) is 14.8 Å². The van der Waals surface area contributed by atoms with Gasteiger partial charge in [0.2, 0.25) is 5.95 Å². The van der Waals surface area contributed by atoms with Crippen molar-refractivity contribution in [2.24, 2.45) is 0 Å². The number of nitrogens with one attached hydrogen (secondary N) is 1. The highest BCUT2D eigenvalue weighted by Gasteiger charge is 2.09. The highest BCUT2D eigenvalue weighted by atomic mass is 16.5. The van der Waals surface area contributed by atoms with Crippen molar-refractivity contribution < 1.29 is 14.6 Å². The lowest BCUT2D eigenvalue weighted by atomic mass is 10.2. The molecule has 0 bridgehead atoms. The molecule has 0 spiro atoms. The number of anilines is 2. The fourth-order valence-corrected chi connectivity index (χ4v) is 1.37. The summed E-state index contributed by atoms with van der Waals surface area (Å²) in [5.74, 6) is -0.225. The fraction of sp³-hybridized carbons (Fsp3) is 0.0833. The van der Waals surface area contributed by atoms with Gasteiger partial charge < -0.3 is 15.2 Å². The van der Waals surface area contributed by atoms with E-state index in [2.05, 4.69) is 20.0 Å². The van der Waals surface area contributed by atoms with Crippen LogP contribution in [0.15, 0.2) is 36.7 Å². The second-order valence-electron chi connectivity index (χ2n) is 3.42. The Bertz CT molecular complexity index is 558. The zero-order valence-corrected chi connectivity index (χ0v) is 9.62. The van der Waals surface area contributed by atoms with Gasteiger partial charge in [-0.2, -0.15) is 0 Å². The standard InChI is InChI=1S/C12H11N3O3/c1-18-11(17)8-3-4-9(10(16)7-8)15-12-13-5-2-6-14-12/h2-7,16H,1H3,(H,13,14,15). The number of hydrogen-bond donors (Lipinski definition) is 2. The highest BCUT2D eigenvalue weighted by molar-refractivity contribution is 5.90. The van der Waals surface area contributed by atoms with Gasteiger partial charge in [-0.1, -0.05) is 0 Å². The Morgan fingerprint density at radius 3 is 2.67 bits per heavy atom. The van der Waals surface area contributed by atoms with E-state index in [4.69, 9.17) is 0 Å². The van der Waals surface area contributed by atoms with Crippen molar-refractivity contribution in [1.82, 2.24) is 9.97 Å². The Labute approximate surface area is 103 Å². The molecule has 2 N–H and O–H groups in total. The molecule has 1 aromatic heterocycles. The largest absolute Gasteiger partial charge is 0.506 e. The smallest absolute Gasteiger partial charge is 0.337 e. The third kappa shape index (κ3) is 2.54. The van der Waals surface area contributed by atoms with E-state index < -0.39 is 5.97 Å². The van der Waals surface area contributed by atoms with Crippen molar-refractivity contribution >= 4 is 17.6 Å². The number of phenolic OH excluding ortho intramolecular Hbond substituents is 1. The zero-order valence-electron chi connectivity index (χ0n) is 9.62. The molecule has 1 heterocycles. The van der Waals surface area contributed by atoms with Crippen LogP contribution in [-0.4, -0.2) is 28.2 Å². The third-order valence-corrected chi connectivity index (χ3v) is 2.23. The second kappa shape index (κ2) is 5.13. The summed E-state index contributed by atoms with van der Waals surface area (Å²) >= 11 is 0. The maximum atomic E-state index is 11.3. The molecule has 0 fully saturated rings. The molecule has 0 saturated heterocycles. The van der Waals surface area contributed by atoms with Crippen LogP contribution in [0.4, 0.5) is 11.6 Å². The van der Waals surface area contributed by atoms with Crippen LogP contribution in [-0.2, 0) is 4.74 Å². The van der Waals surface area contributed by atoms with Crippen LogP contribution in [0, 0.1) is 0 Å². The normalized spacial score (nSPS) is 9.83. The van der Waals surface area contributed by atoms with Crippen LogP contribution in [0.3, 0.4) is 0 Å². The molecule has 0 aliphatic rings. The number of methoxy groups -OCH3 is 1. The molecule has 0 unspecified atom stereocenters. The number of carbonyl (C=O) groups is 1. The predicted octanol–water partition coefficient (Wildman–Crippen LogP) is 1.71. The Kier molecular flexibility index (Phi) is 3.38. The highest BCUT2D eigenvalue weighted by Crippen LogP contribution is 2.26. The fourth-order valence-electron chi connectivity index (χ4n) is 1.37. The lowest BCUT2D eigenvalue weighted by molar-refractivity contribution is 0.0600. The minimum atomic E-state index is -0.507. The molecule has 6 heteroatoms. The number of nitrogens with zero attached hydrogens (tertiary/aromatic N) is 2. The van der Waals surface area contributed by atoms with E-state index in [0.29, 0.717) is 11.6 Å². The monoisotopic (exact) mass is 245 g/mol. The minimum absolute atomic E-state index is 0.0784.